The third kappa shape index (κ3) is 3.65. The van der Waals surface area contributed by atoms with Crippen LogP contribution in [0, 0.1) is 27.7 Å². The summed E-state index contributed by atoms with van der Waals surface area (Å²) in [5, 5.41) is 0. The summed E-state index contributed by atoms with van der Waals surface area (Å²) in [5.74, 6) is 4.00. The van der Waals surface area contributed by atoms with Crippen molar-refractivity contribution < 1.29 is 0 Å². The van der Waals surface area contributed by atoms with E-state index < -0.39 is 0 Å². The second-order valence-corrected chi connectivity index (χ2v) is 4.10. The van der Waals surface area contributed by atoms with Gasteiger partial charge in [0.1, 0.15) is 0 Å². The van der Waals surface area contributed by atoms with Crippen molar-refractivity contribution in [3.8, 4) is 0 Å². The Hall–Kier alpha value is -1.37. The van der Waals surface area contributed by atoms with Gasteiger partial charge in [-0.1, -0.05) is 12.1 Å². The predicted molar refractivity (Wildman–Crippen MR) is 73.2 cm³/mol. The van der Waals surface area contributed by atoms with Crippen LogP contribution in [0.15, 0.2) is 42.3 Å². The molecular weight excluding hydrogens is 191 g/mol. The van der Waals surface area contributed by atoms with Gasteiger partial charge in [-0.2, -0.15) is 0 Å². The topological polar surface area (TPSA) is 0 Å². The first-order valence-electron chi connectivity index (χ1n) is 5.66. The van der Waals surface area contributed by atoms with Crippen LogP contribution in [-0.2, 0) is 0 Å². The van der Waals surface area contributed by atoms with E-state index in [4.69, 9.17) is 0 Å². The molecule has 0 aliphatic rings. The molecule has 0 amide bonds. The summed E-state index contributed by atoms with van der Waals surface area (Å²) in [7, 11) is 0. The van der Waals surface area contributed by atoms with Crippen LogP contribution in [0.3, 0.4) is 0 Å². The quantitative estimate of drug-likeness (QED) is 0.617. The summed E-state index contributed by atoms with van der Waals surface area (Å²) in [6, 6.07) is 10.4. The van der Waals surface area contributed by atoms with Crippen LogP contribution >= 0.6 is 0 Å². The Morgan fingerprint density at radius 2 is 1.12 bits per heavy atom. The molecule has 0 aliphatic heterocycles. The predicted octanol–water partition coefficient (Wildman–Crippen LogP) is 3.94. The second-order valence-electron chi connectivity index (χ2n) is 4.10. The first-order chi connectivity index (χ1) is 7.63. The summed E-state index contributed by atoms with van der Waals surface area (Å²) in [6.45, 7) is 10.7. The molecule has 1 heteroatoms. The Morgan fingerprint density at radius 3 is 1.38 bits per heavy atom. The minimum absolute atomic E-state index is 1.39. The van der Waals surface area contributed by atoms with Crippen LogP contribution in [0.25, 0.3) is 0 Å². The van der Waals surface area contributed by atoms with Crippen LogP contribution in [0.2, 0.25) is 0 Å². The van der Waals surface area contributed by atoms with Gasteiger partial charge in [0, 0.05) is 0 Å². The number of aryl methyl sites for hydroxylation is 2. The van der Waals surface area contributed by atoms with Crippen LogP contribution < -0.4 is 0 Å². The molecule has 2 rings (SSSR count). The standard InChI is InChI=1S/C10H14.C5H5B/c1-7-5-6-8(2)10(4)9(7)3;1-2-4-6-5-3-1/h5-6H,1-4H3;1-5H. The fraction of sp³-hybridized carbons (Fsp3) is 0.267. The van der Waals surface area contributed by atoms with Gasteiger partial charge < -0.3 is 0 Å². The number of benzene rings is 1. The fourth-order valence-corrected chi connectivity index (χ4v) is 1.48. The van der Waals surface area contributed by atoms with Gasteiger partial charge in [-0.25, -0.2) is 0 Å². The Labute approximate surface area is 99.6 Å². The zero-order chi connectivity index (χ0) is 12.0. The molecule has 0 nitrogen and oxygen atoms in total. The van der Waals surface area contributed by atoms with E-state index >= 15 is 0 Å². The first kappa shape index (κ1) is 12.7. The monoisotopic (exact) mass is 210 g/mol. The first-order valence-corrected chi connectivity index (χ1v) is 5.66. The molecule has 0 N–H and O–H groups in total. The van der Waals surface area contributed by atoms with Gasteiger partial charge in [-0.15, -0.1) is 0 Å². The molecule has 1 heterocycles. The van der Waals surface area contributed by atoms with E-state index in [1.54, 1.807) is 0 Å². The zero-order valence-corrected chi connectivity index (χ0v) is 10.6. The van der Waals surface area contributed by atoms with Gasteiger partial charge in [-0.05, 0) is 49.9 Å². The number of hydrogen-bond acceptors (Lipinski definition) is 0. The van der Waals surface area contributed by atoms with E-state index in [1.165, 1.54) is 22.3 Å². The molecular formula is C15H19B. The van der Waals surface area contributed by atoms with Crippen molar-refractivity contribution in [1.29, 1.82) is 0 Å². The van der Waals surface area contributed by atoms with Crippen molar-refractivity contribution in [3.63, 3.8) is 0 Å². The summed E-state index contributed by atoms with van der Waals surface area (Å²) >= 11 is 0. The van der Waals surface area contributed by atoms with Gasteiger partial charge in [0.15, 0.2) is 0 Å². The van der Waals surface area contributed by atoms with Gasteiger partial charge >= 0.3 is 37.0 Å². The summed E-state index contributed by atoms with van der Waals surface area (Å²) in [6.07, 6.45) is 0. The Balaban J connectivity index is 0.000000181. The van der Waals surface area contributed by atoms with Gasteiger partial charge in [0.2, 0.25) is 0 Å². The third-order valence-corrected chi connectivity index (χ3v) is 3.00. The fourth-order valence-electron chi connectivity index (χ4n) is 1.48. The second kappa shape index (κ2) is 6.27. The van der Waals surface area contributed by atoms with E-state index in [9.17, 15) is 0 Å². The summed E-state index contributed by atoms with van der Waals surface area (Å²) in [4.78, 5) is 0. The van der Waals surface area contributed by atoms with Crippen LogP contribution in [0.1, 0.15) is 22.3 Å². The van der Waals surface area contributed by atoms with Crippen molar-refractivity contribution in [2.24, 2.45) is 0 Å². The zero-order valence-electron chi connectivity index (χ0n) is 10.6. The van der Waals surface area contributed by atoms with Crippen LogP contribution in [0.4, 0.5) is 0 Å². The Bertz CT molecular complexity index is 379. The van der Waals surface area contributed by atoms with Crippen molar-refractivity contribution in [3.05, 3.63) is 64.5 Å². The molecule has 16 heavy (non-hydrogen) atoms. The van der Waals surface area contributed by atoms with Crippen LogP contribution in [-0.4, -0.2) is 6.91 Å². The molecule has 0 atom stereocenters. The molecule has 0 radical (unpaired) electrons. The maximum atomic E-state index is 2.18. The average Bonchev–Trinajstić information content (AvgIpc) is 2.35. The van der Waals surface area contributed by atoms with Gasteiger partial charge in [-0.3, -0.25) is 0 Å². The normalized spacial score (nSPS) is 9.00. The number of rotatable bonds is 0. The minimum atomic E-state index is 1.39. The van der Waals surface area contributed by atoms with E-state index in [1.807, 2.05) is 37.0 Å². The van der Waals surface area contributed by atoms with Gasteiger partial charge in [0.05, 0.1) is 0 Å². The number of hydrogen-bond donors (Lipinski definition) is 0. The van der Waals surface area contributed by atoms with E-state index in [-0.39, 0.29) is 0 Å². The molecule has 2 aromatic rings. The van der Waals surface area contributed by atoms with E-state index in [0.717, 1.165) is 0 Å². The van der Waals surface area contributed by atoms with Crippen LogP contribution in [0.5, 0.6) is 0 Å². The summed E-state index contributed by atoms with van der Waals surface area (Å²) in [5.41, 5.74) is 5.64. The van der Waals surface area contributed by atoms with Crippen molar-refractivity contribution in [2.45, 2.75) is 27.7 Å². The molecule has 0 aliphatic carbocycles. The Kier molecular flexibility index (Phi) is 4.98. The molecule has 0 saturated carbocycles. The summed E-state index contributed by atoms with van der Waals surface area (Å²) < 4.78 is 0. The van der Waals surface area contributed by atoms with Crippen molar-refractivity contribution in [1.82, 2.24) is 0 Å². The molecule has 0 fully saturated rings. The molecule has 82 valence electrons. The molecule has 0 bridgehead atoms. The molecule has 1 aromatic carbocycles. The average molecular weight is 210 g/mol. The molecule has 1 aromatic heterocycles. The van der Waals surface area contributed by atoms with Crippen molar-refractivity contribution >= 4 is 6.91 Å². The SMILES string of the molecule is Cc1ccc(C)c(C)c1C.b1ccccc1. The van der Waals surface area contributed by atoms with Crippen molar-refractivity contribution in [2.75, 3.05) is 0 Å². The molecule has 0 saturated heterocycles. The third-order valence-electron chi connectivity index (χ3n) is 3.00. The Morgan fingerprint density at radius 1 is 0.688 bits per heavy atom. The van der Waals surface area contributed by atoms with E-state index in [2.05, 4.69) is 39.8 Å². The molecule has 0 unspecified atom stereocenters. The maximum absolute atomic E-state index is 2.18. The van der Waals surface area contributed by atoms with Gasteiger partial charge in [0.25, 0.3) is 0 Å². The van der Waals surface area contributed by atoms with E-state index in [0.29, 0.717) is 0 Å². The molecule has 0 spiro atoms.